The maximum atomic E-state index is 11.0. The number of carboxylic acids is 1. The van der Waals surface area contributed by atoms with Crippen LogP contribution in [0.15, 0.2) is 30.3 Å². The van der Waals surface area contributed by atoms with Crippen molar-refractivity contribution in [1.82, 2.24) is 9.97 Å². The Hall–Kier alpha value is -2.23. The van der Waals surface area contributed by atoms with Crippen molar-refractivity contribution in [2.75, 3.05) is 0 Å². The molecular weight excluding hydrogens is 264 g/mol. The molecule has 4 heteroatoms. The van der Waals surface area contributed by atoms with Gasteiger partial charge in [0.15, 0.2) is 0 Å². The number of aryl methyl sites for hydroxylation is 2. The minimum atomic E-state index is -0.790. The van der Waals surface area contributed by atoms with Crippen LogP contribution in [0.5, 0.6) is 0 Å². The normalized spacial score (nSPS) is 12.1. The molecule has 21 heavy (non-hydrogen) atoms. The molecule has 1 atom stereocenters. The van der Waals surface area contributed by atoms with Crippen molar-refractivity contribution in [2.24, 2.45) is 5.92 Å². The van der Waals surface area contributed by atoms with Gasteiger partial charge >= 0.3 is 5.97 Å². The molecule has 1 aromatic heterocycles. The quantitative estimate of drug-likeness (QED) is 0.917. The van der Waals surface area contributed by atoms with Crippen LogP contribution in [-0.4, -0.2) is 21.0 Å². The summed E-state index contributed by atoms with van der Waals surface area (Å²) >= 11 is 0. The largest absolute Gasteiger partial charge is 0.481 e. The Kier molecular flexibility index (Phi) is 4.68. The van der Waals surface area contributed by atoms with Crippen molar-refractivity contribution < 1.29 is 9.90 Å². The van der Waals surface area contributed by atoms with E-state index in [2.05, 4.69) is 22.1 Å². The third-order valence-electron chi connectivity index (χ3n) is 3.60. The fourth-order valence-electron chi connectivity index (χ4n) is 2.36. The number of hydrogen-bond donors (Lipinski definition) is 1. The van der Waals surface area contributed by atoms with Crippen molar-refractivity contribution in [2.45, 2.75) is 33.6 Å². The fourth-order valence-corrected chi connectivity index (χ4v) is 2.36. The van der Waals surface area contributed by atoms with Crippen LogP contribution in [0.3, 0.4) is 0 Å². The highest BCUT2D eigenvalue weighted by Crippen LogP contribution is 2.17. The summed E-state index contributed by atoms with van der Waals surface area (Å²) in [5, 5.41) is 9.03. The number of rotatable bonds is 5. The van der Waals surface area contributed by atoms with Gasteiger partial charge in [0.25, 0.3) is 0 Å². The Labute approximate surface area is 124 Å². The van der Waals surface area contributed by atoms with E-state index < -0.39 is 11.9 Å². The Morgan fingerprint density at radius 3 is 2.24 bits per heavy atom. The van der Waals surface area contributed by atoms with Gasteiger partial charge in [-0.2, -0.15) is 0 Å². The maximum Gasteiger partial charge on any atom is 0.306 e. The standard InChI is InChI=1S/C17H20N2O2/c1-11(17(20)21)9-15-12(2)18-16(19-13(15)3)10-14-7-5-4-6-8-14/h4-8,11H,9-10H2,1-3H3,(H,20,21). The number of carbonyl (C=O) groups is 1. The molecule has 0 saturated heterocycles. The first kappa shape index (κ1) is 15.2. The molecule has 0 amide bonds. The summed E-state index contributed by atoms with van der Waals surface area (Å²) in [4.78, 5) is 20.1. The van der Waals surface area contributed by atoms with E-state index >= 15 is 0 Å². The van der Waals surface area contributed by atoms with E-state index in [1.807, 2.05) is 32.0 Å². The van der Waals surface area contributed by atoms with Crippen molar-refractivity contribution in [3.8, 4) is 0 Å². The first-order valence-corrected chi connectivity index (χ1v) is 7.07. The molecule has 0 radical (unpaired) electrons. The van der Waals surface area contributed by atoms with Gasteiger partial charge in [0.05, 0.1) is 5.92 Å². The lowest BCUT2D eigenvalue weighted by Crippen LogP contribution is -2.15. The molecule has 0 aliphatic carbocycles. The van der Waals surface area contributed by atoms with E-state index in [1.165, 1.54) is 5.56 Å². The van der Waals surface area contributed by atoms with Crippen LogP contribution in [0.25, 0.3) is 0 Å². The average molecular weight is 284 g/mol. The number of aromatic nitrogens is 2. The molecule has 110 valence electrons. The van der Waals surface area contributed by atoms with E-state index in [1.54, 1.807) is 6.92 Å². The highest BCUT2D eigenvalue weighted by Gasteiger charge is 2.16. The van der Waals surface area contributed by atoms with Gasteiger partial charge in [-0.1, -0.05) is 37.3 Å². The molecule has 0 saturated carbocycles. The lowest BCUT2D eigenvalue weighted by molar-refractivity contribution is -0.141. The lowest BCUT2D eigenvalue weighted by Gasteiger charge is -2.13. The SMILES string of the molecule is Cc1nc(Cc2ccccc2)nc(C)c1CC(C)C(=O)O. The summed E-state index contributed by atoms with van der Waals surface area (Å²) in [6.45, 7) is 5.55. The second-order valence-electron chi connectivity index (χ2n) is 5.39. The Morgan fingerprint density at radius 1 is 1.14 bits per heavy atom. The van der Waals surface area contributed by atoms with Gasteiger partial charge in [0.2, 0.25) is 0 Å². The van der Waals surface area contributed by atoms with Crippen LogP contribution in [0.1, 0.15) is 35.3 Å². The molecule has 0 spiro atoms. The molecule has 4 nitrogen and oxygen atoms in total. The Bertz CT molecular complexity index is 615. The van der Waals surface area contributed by atoms with Crippen LogP contribution in [0, 0.1) is 19.8 Å². The molecule has 0 aliphatic heterocycles. The Balaban J connectivity index is 2.23. The van der Waals surface area contributed by atoms with Crippen molar-refractivity contribution in [1.29, 1.82) is 0 Å². The highest BCUT2D eigenvalue weighted by atomic mass is 16.4. The molecular formula is C17H20N2O2. The van der Waals surface area contributed by atoms with Crippen LogP contribution in [0.4, 0.5) is 0 Å². The van der Waals surface area contributed by atoms with E-state index in [0.717, 1.165) is 22.8 Å². The number of carboxylic acid groups (broad SMARTS) is 1. The topological polar surface area (TPSA) is 63.1 Å². The van der Waals surface area contributed by atoms with Gasteiger partial charge in [-0.15, -0.1) is 0 Å². The summed E-state index contributed by atoms with van der Waals surface area (Å²) in [5.74, 6) is -0.434. The van der Waals surface area contributed by atoms with Gasteiger partial charge in [-0.05, 0) is 31.4 Å². The summed E-state index contributed by atoms with van der Waals surface area (Å²) in [6, 6.07) is 10.1. The summed E-state index contributed by atoms with van der Waals surface area (Å²) in [7, 11) is 0. The van der Waals surface area contributed by atoms with Gasteiger partial charge in [0.1, 0.15) is 5.82 Å². The van der Waals surface area contributed by atoms with Gasteiger partial charge in [-0.25, -0.2) is 9.97 Å². The number of hydrogen-bond acceptors (Lipinski definition) is 3. The molecule has 2 rings (SSSR count). The number of aliphatic carboxylic acids is 1. The average Bonchev–Trinajstić information content (AvgIpc) is 2.43. The van der Waals surface area contributed by atoms with Crippen LogP contribution in [0.2, 0.25) is 0 Å². The summed E-state index contributed by atoms with van der Waals surface area (Å²) < 4.78 is 0. The first-order valence-electron chi connectivity index (χ1n) is 7.07. The summed E-state index contributed by atoms with van der Waals surface area (Å²) in [5.41, 5.74) is 3.87. The monoisotopic (exact) mass is 284 g/mol. The number of nitrogens with zero attached hydrogens (tertiary/aromatic N) is 2. The lowest BCUT2D eigenvalue weighted by atomic mass is 9.99. The molecule has 0 fully saturated rings. The van der Waals surface area contributed by atoms with Gasteiger partial charge < -0.3 is 5.11 Å². The van der Waals surface area contributed by atoms with E-state index in [4.69, 9.17) is 5.11 Å². The molecule has 1 aromatic carbocycles. The number of benzene rings is 1. The molecule has 0 aliphatic rings. The minimum Gasteiger partial charge on any atom is -0.481 e. The second kappa shape index (κ2) is 6.48. The highest BCUT2D eigenvalue weighted by molar-refractivity contribution is 5.70. The van der Waals surface area contributed by atoms with Crippen LogP contribution >= 0.6 is 0 Å². The smallest absolute Gasteiger partial charge is 0.306 e. The third kappa shape index (κ3) is 3.88. The summed E-state index contributed by atoms with van der Waals surface area (Å²) in [6.07, 6.45) is 1.16. The van der Waals surface area contributed by atoms with Crippen molar-refractivity contribution in [3.63, 3.8) is 0 Å². The van der Waals surface area contributed by atoms with Crippen molar-refractivity contribution in [3.05, 3.63) is 58.7 Å². The Morgan fingerprint density at radius 2 is 1.71 bits per heavy atom. The maximum absolute atomic E-state index is 11.0. The van der Waals surface area contributed by atoms with Gasteiger partial charge in [0, 0.05) is 17.8 Å². The zero-order chi connectivity index (χ0) is 15.4. The van der Waals surface area contributed by atoms with E-state index in [9.17, 15) is 4.79 Å². The van der Waals surface area contributed by atoms with Crippen molar-refractivity contribution >= 4 is 5.97 Å². The first-order chi connectivity index (χ1) is 9.97. The molecule has 0 bridgehead atoms. The van der Waals surface area contributed by atoms with Crippen LogP contribution < -0.4 is 0 Å². The zero-order valence-electron chi connectivity index (χ0n) is 12.6. The second-order valence-corrected chi connectivity index (χ2v) is 5.39. The molecule has 1 unspecified atom stereocenters. The minimum absolute atomic E-state index is 0.425. The van der Waals surface area contributed by atoms with Gasteiger partial charge in [-0.3, -0.25) is 4.79 Å². The zero-order valence-corrected chi connectivity index (χ0v) is 12.6. The van der Waals surface area contributed by atoms with Crippen LogP contribution in [-0.2, 0) is 17.6 Å². The fraction of sp³-hybridized carbons (Fsp3) is 0.353. The molecule has 1 heterocycles. The third-order valence-corrected chi connectivity index (χ3v) is 3.60. The van der Waals surface area contributed by atoms with E-state index in [0.29, 0.717) is 12.8 Å². The molecule has 2 aromatic rings. The predicted octanol–water partition coefficient (Wildman–Crippen LogP) is 2.95. The molecule has 1 N–H and O–H groups in total. The van der Waals surface area contributed by atoms with E-state index in [-0.39, 0.29) is 0 Å². The predicted molar refractivity (Wildman–Crippen MR) is 81.3 cm³/mol.